The average molecular weight is 419 g/mol. The molecule has 1 amide bonds. The molecule has 0 N–H and O–H groups in total. The van der Waals surface area contributed by atoms with Crippen molar-refractivity contribution in [3.05, 3.63) is 54.9 Å². The predicted molar refractivity (Wildman–Crippen MR) is 117 cm³/mol. The Balaban J connectivity index is 1.29. The van der Waals surface area contributed by atoms with Gasteiger partial charge < -0.3 is 24.0 Å². The molecule has 0 spiro atoms. The van der Waals surface area contributed by atoms with Crippen molar-refractivity contribution in [2.24, 2.45) is 0 Å². The minimum atomic E-state index is -0.509. The average Bonchev–Trinajstić information content (AvgIpc) is 3.46. The lowest BCUT2D eigenvalue weighted by Crippen LogP contribution is -2.45. The zero-order chi connectivity index (χ0) is 21.2. The Morgan fingerprint density at radius 3 is 2.58 bits per heavy atom. The molecule has 160 valence electrons. The van der Waals surface area contributed by atoms with Crippen molar-refractivity contribution < 1.29 is 14.1 Å². The molecule has 8 heteroatoms. The van der Waals surface area contributed by atoms with Crippen LogP contribution < -0.4 is 14.5 Å². The van der Waals surface area contributed by atoms with Crippen molar-refractivity contribution >= 4 is 17.4 Å². The van der Waals surface area contributed by atoms with Crippen molar-refractivity contribution in [3.8, 4) is 17.0 Å². The topological polar surface area (TPSA) is 74.9 Å². The number of carbonyl (C=O) groups is 1. The first-order valence-electron chi connectivity index (χ1n) is 10.6. The van der Waals surface area contributed by atoms with Crippen molar-refractivity contribution in [1.29, 1.82) is 0 Å². The molecule has 2 aliphatic heterocycles. The first-order valence-corrected chi connectivity index (χ1v) is 10.6. The van der Waals surface area contributed by atoms with Gasteiger partial charge in [-0.2, -0.15) is 0 Å². The van der Waals surface area contributed by atoms with Gasteiger partial charge in [-0.25, -0.2) is 4.98 Å². The van der Waals surface area contributed by atoms with Crippen molar-refractivity contribution in [3.63, 3.8) is 0 Å². The molecule has 0 bridgehead atoms. The van der Waals surface area contributed by atoms with Crippen LogP contribution in [0.2, 0.25) is 0 Å². The maximum Gasteiger partial charge on any atom is 0.268 e. The van der Waals surface area contributed by atoms with E-state index >= 15 is 0 Å². The molecular weight excluding hydrogens is 394 g/mol. The smallest absolute Gasteiger partial charge is 0.268 e. The highest BCUT2D eigenvalue weighted by Gasteiger charge is 2.35. The molecule has 1 unspecified atom stereocenters. The number of hydrogen-bond acceptors (Lipinski definition) is 7. The Morgan fingerprint density at radius 1 is 1.03 bits per heavy atom. The van der Waals surface area contributed by atoms with E-state index in [1.807, 2.05) is 42.5 Å². The number of anilines is 2. The summed E-state index contributed by atoms with van der Waals surface area (Å²) < 4.78 is 11.1. The minimum absolute atomic E-state index is 0.0256. The maximum absolute atomic E-state index is 13.1. The molecule has 0 aliphatic carbocycles. The zero-order valence-electron chi connectivity index (χ0n) is 17.5. The highest BCUT2D eigenvalue weighted by atomic mass is 16.5. The van der Waals surface area contributed by atoms with Crippen LogP contribution in [0.25, 0.3) is 11.3 Å². The van der Waals surface area contributed by atoms with E-state index in [2.05, 4.69) is 27.0 Å². The van der Waals surface area contributed by atoms with Crippen LogP contribution in [0.4, 0.5) is 11.5 Å². The van der Waals surface area contributed by atoms with Crippen LogP contribution in [0.1, 0.15) is 6.42 Å². The van der Waals surface area contributed by atoms with Gasteiger partial charge in [-0.05, 0) is 31.3 Å². The Bertz CT molecular complexity index is 1030. The van der Waals surface area contributed by atoms with Crippen molar-refractivity contribution in [2.45, 2.75) is 12.5 Å². The van der Waals surface area contributed by atoms with Crippen LogP contribution in [0, 0.1) is 0 Å². The summed E-state index contributed by atoms with van der Waals surface area (Å²) in [6.07, 6.45) is 3.45. The highest BCUT2D eigenvalue weighted by Crippen LogP contribution is 2.31. The standard InChI is InChI=1S/C23H25N5O3/c1-26-12-14-27(15-13-26)22-20(3-2-10-24-22)31-21-8-11-28(23(21)29)18-6-4-17(5-7-18)19-9-16-30-25-19/h2-7,9-10,16,21H,8,11-15H2,1H3. The Kier molecular flexibility index (Phi) is 5.30. The molecule has 0 saturated carbocycles. The molecule has 2 saturated heterocycles. The Morgan fingerprint density at radius 2 is 1.84 bits per heavy atom. The van der Waals surface area contributed by atoms with Crippen LogP contribution in [0.5, 0.6) is 5.75 Å². The highest BCUT2D eigenvalue weighted by molar-refractivity contribution is 5.99. The number of hydrogen-bond donors (Lipinski definition) is 0. The largest absolute Gasteiger partial charge is 0.477 e. The Hall–Kier alpha value is -3.39. The lowest BCUT2D eigenvalue weighted by Gasteiger charge is -2.34. The first-order chi connectivity index (χ1) is 15.2. The predicted octanol–water partition coefficient (Wildman–Crippen LogP) is 2.67. The number of benzene rings is 1. The second-order valence-electron chi connectivity index (χ2n) is 7.93. The van der Waals surface area contributed by atoms with E-state index in [0.717, 1.165) is 48.9 Å². The summed E-state index contributed by atoms with van der Waals surface area (Å²) in [6, 6.07) is 13.3. The van der Waals surface area contributed by atoms with E-state index in [1.54, 1.807) is 17.4 Å². The third kappa shape index (κ3) is 3.98. The Labute approximate surface area is 181 Å². The molecule has 1 aromatic carbocycles. The van der Waals surface area contributed by atoms with E-state index in [0.29, 0.717) is 18.7 Å². The van der Waals surface area contributed by atoms with Gasteiger partial charge in [-0.15, -0.1) is 0 Å². The maximum atomic E-state index is 13.1. The molecule has 4 heterocycles. The van der Waals surface area contributed by atoms with Crippen molar-refractivity contribution in [1.82, 2.24) is 15.0 Å². The number of nitrogens with zero attached hydrogens (tertiary/aromatic N) is 5. The summed E-state index contributed by atoms with van der Waals surface area (Å²) in [6.45, 7) is 4.38. The molecular formula is C23H25N5O3. The van der Waals surface area contributed by atoms with Gasteiger partial charge in [0, 0.05) is 62.7 Å². The van der Waals surface area contributed by atoms with Gasteiger partial charge in [0.1, 0.15) is 12.0 Å². The molecule has 3 aromatic rings. The molecule has 2 fully saturated rings. The summed E-state index contributed by atoms with van der Waals surface area (Å²) in [7, 11) is 2.12. The summed E-state index contributed by atoms with van der Waals surface area (Å²) >= 11 is 0. The van der Waals surface area contributed by atoms with Crippen LogP contribution in [-0.2, 0) is 4.79 Å². The number of piperazine rings is 1. The number of likely N-dealkylation sites (N-methyl/N-ethyl adjacent to an activating group) is 1. The molecule has 2 aromatic heterocycles. The normalized spacial score (nSPS) is 19.8. The fraction of sp³-hybridized carbons (Fsp3) is 0.348. The third-order valence-corrected chi connectivity index (χ3v) is 5.89. The zero-order valence-corrected chi connectivity index (χ0v) is 17.5. The van der Waals surface area contributed by atoms with Gasteiger partial charge in [0.15, 0.2) is 17.7 Å². The summed E-state index contributed by atoms with van der Waals surface area (Å²) in [4.78, 5) is 23.9. The molecule has 0 radical (unpaired) electrons. The van der Waals surface area contributed by atoms with Crippen LogP contribution in [0.15, 0.2) is 59.4 Å². The minimum Gasteiger partial charge on any atom is -0.477 e. The van der Waals surface area contributed by atoms with Crippen LogP contribution >= 0.6 is 0 Å². The quantitative estimate of drug-likeness (QED) is 0.629. The third-order valence-electron chi connectivity index (χ3n) is 5.89. The fourth-order valence-corrected chi connectivity index (χ4v) is 4.08. The van der Waals surface area contributed by atoms with Gasteiger partial charge in [0.05, 0.1) is 0 Å². The van der Waals surface area contributed by atoms with Crippen molar-refractivity contribution in [2.75, 3.05) is 49.6 Å². The van der Waals surface area contributed by atoms with E-state index in [-0.39, 0.29) is 5.91 Å². The summed E-state index contributed by atoms with van der Waals surface area (Å²) in [5.41, 5.74) is 2.58. The lowest BCUT2D eigenvalue weighted by molar-refractivity contribution is -0.122. The SMILES string of the molecule is CN1CCN(c2ncccc2OC2CCN(c3ccc(-c4ccon4)cc3)C2=O)CC1. The number of ether oxygens (including phenoxy) is 1. The van der Waals surface area contributed by atoms with Gasteiger partial charge in [0.2, 0.25) is 0 Å². The van der Waals surface area contributed by atoms with E-state index in [4.69, 9.17) is 9.26 Å². The summed E-state index contributed by atoms with van der Waals surface area (Å²) in [5, 5.41) is 3.95. The van der Waals surface area contributed by atoms with Gasteiger partial charge in [-0.3, -0.25) is 4.79 Å². The molecule has 5 rings (SSSR count). The summed E-state index contributed by atoms with van der Waals surface area (Å²) in [5.74, 6) is 1.47. The number of aromatic nitrogens is 2. The molecule has 31 heavy (non-hydrogen) atoms. The van der Waals surface area contributed by atoms with Crippen LogP contribution in [-0.4, -0.2) is 66.8 Å². The van der Waals surface area contributed by atoms with Crippen LogP contribution in [0.3, 0.4) is 0 Å². The molecule has 2 aliphatic rings. The van der Waals surface area contributed by atoms with E-state index in [1.165, 1.54) is 0 Å². The van der Waals surface area contributed by atoms with Gasteiger partial charge in [0.25, 0.3) is 5.91 Å². The number of rotatable bonds is 5. The molecule has 1 atom stereocenters. The van der Waals surface area contributed by atoms with Gasteiger partial charge >= 0.3 is 0 Å². The number of carbonyl (C=O) groups excluding carboxylic acids is 1. The molecule has 8 nitrogen and oxygen atoms in total. The van der Waals surface area contributed by atoms with Gasteiger partial charge in [-0.1, -0.05) is 17.3 Å². The second kappa shape index (κ2) is 8.39. The first kappa shape index (κ1) is 19.6. The number of amides is 1. The van der Waals surface area contributed by atoms with E-state index in [9.17, 15) is 4.79 Å². The van der Waals surface area contributed by atoms with E-state index < -0.39 is 6.10 Å². The number of pyridine rings is 1. The second-order valence-corrected chi connectivity index (χ2v) is 7.93. The lowest BCUT2D eigenvalue weighted by atomic mass is 10.1. The fourth-order valence-electron chi connectivity index (χ4n) is 4.08. The monoisotopic (exact) mass is 419 g/mol.